The molecule has 1 aliphatic heterocycles. The summed E-state index contributed by atoms with van der Waals surface area (Å²) in [5.74, 6) is 0.938. The third-order valence-electron chi connectivity index (χ3n) is 4.08. The molecule has 1 fully saturated rings. The number of rotatable bonds is 1. The summed E-state index contributed by atoms with van der Waals surface area (Å²) in [5.41, 5.74) is 1.66. The number of para-hydroxylation sites is 1. The van der Waals surface area contributed by atoms with E-state index < -0.39 is 5.60 Å². The van der Waals surface area contributed by atoms with Gasteiger partial charge < -0.3 is 14.5 Å². The molecule has 0 saturated carbocycles. The van der Waals surface area contributed by atoms with Gasteiger partial charge in [-0.2, -0.15) is 0 Å². The molecule has 1 amide bonds. The first-order valence-corrected chi connectivity index (χ1v) is 8.28. The van der Waals surface area contributed by atoms with Crippen LogP contribution in [0.15, 0.2) is 24.5 Å². The number of hydrogen-bond acceptors (Lipinski definition) is 5. The van der Waals surface area contributed by atoms with Gasteiger partial charge in [-0.1, -0.05) is 12.1 Å². The van der Waals surface area contributed by atoms with Crippen LogP contribution in [0.1, 0.15) is 26.3 Å². The number of hydrogen-bond donors (Lipinski definition) is 0. The Hall–Kier alpha value is -2.37. The van der Waals surface area contributed by atoms with Crippen LogP contribution in [0.4, 0.5) is 10.6 Å². The second kappa shape index (κ2) is 6.26. The van der Waals surface area contributed by atoms with Gasteiger partial charge in [-0.25, -0.2) is 14.8 Å². The number of piperazine rings is 1. The first-order valence-electron chi connectivity index (χ1n) is 8.28. The van der Waals surface area contributed by atoms with E-state index in [1.54, 1.807) is 11.2 Å². The predicted molar refractivity (Wildman–Crippen MR) is 94.3 cm³/mol. The Morgan fingerprint density at radius 2 is 1.83 bits per heavy atom. The SMILES string of the molecule is Cc1cccc2c(N3CCN(C(=O)OC(C)(C)C)CC3)ncnc12. The molecule has 1 aromatic heterocycles. The maximum absolute atomic E-state index is 12.2. The minimum Gasteiger partial charge on any atom is -0.444 e. The van der Waals surface area contributed by atoms with Crippen LogP contribution in [-0.4, -0.2) is 52.7 Å². The molecule has 0 spiro atoms. The van der Waals surface area contributed by atoms with Crippen molar-refractivity contribution in [3.8, 4) is 0 Å². The third-order valence-corrected chi connectivity index (χ3v) is 4.08. The van der Waals surface area contributed by atoms with Gasteiger partial charge in [-0.3, -0.25) is 0 Å². The normalized spacial score (nSPS) is 15.7. The highest BCUT2D eigenvalue weighted by atomic mass is 16.6. The minimum atomic E-state index is -0.464. The molecule has 0 aliphatic carbocycles. The van der Waals surface area contributed by atoms with Crippen LogP contribution in [0.5, 0.6) is 0 Å². The molecule has 0 unspecified atom stereocenters. The van der Waals surface area contributed by atoms with Crippen LogP contribution in [0, 0.1) is 6.92 Å². The van der Waals surface area contributed by atoms with Crippen molar-refractivity contribution in [3.05, 3.63) is 30.1 Å². The fraction of sp³-hybridized carbons (Fsp3) is 0.500. The lowest BCUT2D eigenvalue weighted by atomic mass is 10.1. The summed E-state index contributed by atoms with van der Waals surface area (Å²) in [6.07, 6.45) is 1.37. The van der Waals surface area contributed by atoms with E-state index in [1.165, 1.54) is 0 Å². The van der Waals surface area contributed by atoms with E-state index in [4.69, 9.17) is 4.74 Å². The zero-order valence-corrected chi connectivity index (χ0v) is 14.7. The van der Waals surface area contributed by atoms with E-state index in [0.717, 1.165) is 35.4 Å². The van der Waals surface area contributed by atoms with Crippen LogP contribution in [0.3, 0.4) is 0 Å². The highest BCUT2D eigenvalue weighted by molar-refractivity contribution is 5.91. The Bertz CT molecular complexity index is 746. The first-order chi connectivity index (χ1) is 11.3. The number of fused-ring (bicyclic) bond motifs is 1. The minimum absolute atomic E-state index is 0.245. The molecular weight excluding hydrogens is 304 g/mol. The van der Waals surface area contributed by atoms with Crippen LogP contribution in [-0.2, 0) is 4.74 Å². The van der Waals surface area contributed by atoms with Crippen LogP contribution >= 0.6 is 0 Å². The Kier molecular flexibility index (Phi) is 4.30. The van der Waals surface area contributed by atoms with Crippen molar-refractivity contribution in [2.45, 2.75) is 33.3 Å². The van der Waals surface area contributed by atoms with E-state index in [2.05, 4.69) is 33.9 Å². The van der Waals surface area contributed by atoms with E-state index in [1.807, 2.05) is 26.8 Å². The molecule has 128 valence electrons. The molecule has 0 N–H and O–H groups in total. The number of nitrogens with zero attached hydrogens (tertiary/aromatic N) is 4. The van der Waals surface area contributed by atoms with Gasteiger partial charge in [0.05, 0.1) is 5.52 Å². The van der Waals surface area contributed by atoms with Gasteiger partial charge in [0.1, 0.15) is 17.7 Å². The lowest BCUT2D eigenvalue weighted by Gasteiger charge is -2.36. The van der Waals surface area contributed by atoms with Gasteiger partial charge in [0, 0.05) is 31.6 Å². The quantitative estimate of drug-likeness (QED) is 0.805. The molecule has 1 aromatic carbocycles. The van der Waals surface area contributed by atoms with Gasteiger partial charge >= 0.3 is 6.09 Å². The van der Waals surface area contributed by atoms with Gasteiger partial charge in [-0.15, -0.1) is 0 Å². The van der Waals surface area contributed by atoms with Gasteiger partial charge in [-0.05, 0) is 39.3 Å². The molecule has 6 nitrogen and oxygen atoms in total. The molecule has 6 heteroatoms. The van der Waals surface area contributed by atoms with E-state index in [-0.39, 0.29) is 6.09 Å². The standard InChI is InChI=1S/C18H24N4O2/c1-13-6-5-7-14-15(13)19-12-20-16(14)21-8-10-22(11-9-21)17(23)24-18(2,3)4/h5-7,12H,8-11H2,1-4H3. The van der Waals surface area contributed by atoms with Crippen LogP contribution in [0.2, 0.25) is 0 Å². The number of amides is 1. The average molecular weight is 328 g/mol. The van der Waals surface area contributed by atoms with Crippen LogP contribution < -0.4 is 4.90 Å². The van der Waals surface area contributed by atoms with Crippen LogP contribution in [0.25, 0.3) is 10.9 Å². The largest absolute Gasteiger partial charge is 0.444 e. The molecule has 24 heavy (non-hydrogen) atoms. The number of carbonyl (C=O) groups excluding carboxylic acids is 1. The molecule has 0 radical (unpaired) electrons. The maximum atomic E-state index is 12.2. The lowest BCUT2D eigenvalue weighted by Crippen LogP contribution is -2.50. The van der Waals surface area contributed by atoms with E-state index >= 15 is 0 Å². The lowest BCUT2D eigenvalue weighted by molar-refractivity contribution is 0.0240. The monoisotopic (exact) mass is 328 g/mol. The van der Waals surface area contributed by atoms with Gasteiger partial charge in [0.2, 0.25) is 0 Å². The van der Waals surface area contributed by atoms with Crippen molar-refractivity contribution in [2.24, 2.45) is 0 Å². The van der Waals surface area contributed by atoms with Crippen molar-refractivity contribution >= 4 is 22.8 Å². The fourth-order valence-electron chi connectivity index (χ4n) is 2.90. The molecule has 2 heterocycles. The Labute approximate surface area is 142 Å². The summed E-state index contributed by atoms with van der Waals surface area (Å²) in [5, 5.41) is 1.06. The van der Waals surface area contributed by atoms with E-state index in [0.29, 0.717) is 13.1 Å². The molecule has 3 rings (SSSR count). The van der Waals surface area contributed by atoms with Crippen molar-refractivity contribution in [3.63, 3.8) is 0 Å². The third kappa shape index (κ3) is 3.42. The number of carbonyl (C=O) groups is 1. The summed E-state index contributed by atoms with van der Waals surface area (Å²) in [7, 11) is 0. The Balaban J connectivity index is 1.74. The zero-order valence-electron chi connectivity index (χ0n) is 14.7. The number of ether oxygens (including phenoxy) is 1. The number of benzene rings is 1. The fourth-order valence-corrected chi connectivity index (χ4v) is 2.90. The van der Waals surface area contributed by atoms with Crippen molar-refractivity contribution in [1.29, 1.82) is 0 Å². The second-order valence-electron chi connectivity index (χ2n) is 7.12. The highest BCUT2D eigenvalue weighted by Crippen LogP contribution is 2.25. The van der Waals surface area contributed by atoms with Crippen molar-refractivity contribution in [2.75, 3.05) is 31.1 Å². The Morgan fingerprint density at radius 1 is 1.12 bits per heavy atom. The molecule has 0 bridgehead atoms. The number of aromatic nitrogens is 2. The highest BCUT2D eigenvalue weighted by Gasteiger charge is 2.27. The van der Waals surface area contributed by atoms with Gasteiger partial charge in [0.15, 0.2) is 0 Å². The van der Waals surface area contributed by atoms with Crippen molar-refractivity contribution in [1.82, 2.24) is 14.9 Å². The molecule has 1 saturated heterocycles. The predicted octanol–water partition coefficient (Wildman–Crippen LogP) is 3.00. The molecular formula is C18H24N4O2. The topological polar surface area (TPSA) is 58.6 Å². The summed E-state index contributed by atoms with van der Waals surface area (Å²) in [6, 6.07) is 6.14. The summed E-state index contributed by atoms with van der Waals surface area (Å²) in [6.45, 7) is 10.4. The number of anilines is 1. The summed E-state index contributed by atoms with van der Waals surface area (Å²) in [4.78, 5) is 25.0. The molecule has 1 aliphatic rings. The second-order valence-corrected chi connectivity index (χ2v) is 7.12. The maximum Gasteiger partial charge on any atom is 0.410 e. The molecule has 2 aromatic rings. The zero-order chi connectivity index (χ0) is 17.3. The average Bonchev–Trinajstić information content (AvgIpc) is 2.53. The summed E-state index contributed by atoms with van der Waals surface area (Å²) < 4.78 is 5.45. The molecule has 0 atom stereocenters. The smallest absolute Gasteiger partial charge is 0.410 e. The van der Waals surface area contributed by atoms with E-state index in [9.17, 15) is 4.79 Å². The summed E-state index contributed by atoms with van der Waals surface area (Å²) >= 11 is 0. The Morgan fingerprint density at radius 3 is 2.50 bits per heavy atom. The first kappa shape index (κ1) is 16.5. The van der Waals surface area contributed by atoms with Crippen molar-refractivity contribution < 1.29 is 9.53 Å². The van der Waals surface area contributed by atoms with Gasteiger partial charge in [0.25, 0.3) is 0 Å². The number of aryl methyl sites for hydroxylation is 1.